The van der Waals surface area contributed by atoms with Gasteiger partial charge in [0, 0.05) is 6.04 Å². The van der Waals surface area contributed by atoms with Crippen LogP contribution in [-0.2, 0) is 16.1 Å². The van der Waals surface area contributed by atoms with Crippen molar-refractivity contribution in [2.24, 2.45) is 5.92 Å². The molecule has 5 heteroatoms. The highest BCUT2D eigenvalue weighted by atomic mass is 16.5. The molecular weight excluding hydrogens is 424 g/mol. The summed E-state index contributed by atoms with van der Waals surface area (Å²) < 4.78 is 5.40. The standard InChI is InChI=1S/C29H32N2O3/c1-3-25(30-29(33)34-20-22-13-7-4-8-14-22)19-26-27(24-17-11-6-12-18-24)31(28(26)32)21(2)23-15-9-5-10-16-23/h4-18,21,25-27H,3,19-20H2,1-2H3,(H,30,33)/t21-,25+,26+,27-/m0/s1. The minimum atomic E-state index is -0.451. The Labute approximate surface area is 201 Å². The van der Waals surface area contributed by atoms with Crippen molar-refractivity contribution in [3.8, 4) is 0 Å². The zero-order valence-corrected chi connectivity index (χ0v) is 19.8. The lowest BCUT2D eigenvalue weighted by atomic mass is 9.76. The van der Waals surface area contributed by atoms with Crippen molar-refractivity contribution in [1.82, 2.24) is 10.2 Å². The van der Waals surface area contributed by atoms with E-state index in [1.54, 1.807) is 0 Å². The maximum atomic E-state index is 13.4. The van der Waals surface area contributed by atoms with E-state index >= 15 is 0 Å². The van der Waals surface area contributed by atoms with Crippen molar-refractivity contribution in [3.05, 3.63) is 108 Å². The molecular formula is C29H32N2O3. The SMILES string of the molecule is CC[C@H](C[C@H]1C(=O)N([C@@H](C)c2ccccc2)[C@H]1c1ccccc1)NC(=O)OCc1ccccc1. The Bertz CT molecular complexity index is 1070. The molecule has 0 aromatic heterocycles. The van der Waals surface area contributed by atoms with Crippen LogP contribution in [0.3, 0.4) is 0 Å². The minimum Gasteiger partial charge on any atom is -0.445 e. The summed E-state index contributed by atoms with van der Waals surface area (Å²) in [6.07, 6.45) is 0.848. The Balaban J connectivity index is 1.44. The van der Waals surface area contributed by atoms with Crippen molar-refractivity contribution in [2.45, 2.75) is 51.4 Å². The summed E-state index contributed by atoms with van der Waals surface area (Å²) in [5, 5.41) is 2.97. The predicted octanol–water partition coefficient (Wildman–Crippen LogP) is 6.04. The quantitative estimate of drug-likeness (QED) is 0.399. The normalized spacial score (nSPS) is 19.1. The van der Waals surface area contributed by atoms with Crippen molar-refractivity contribution in [3.63, 3.8) is 0 Å². The number of hydrogen-bond donors (Lipinski definition) is 1. The minimum absolute atomic E-state index is 0.0277. The maximum absolute atomic E-state index is 13.4. The Hall–Kier alpha value is -3.60. The third-order valence-electron chi connectivity index (χ3n) is 6.66. The van der Waals surface area contributed by atoms with Crippen LogP contribution in [0.25, 0.3) is 0 Å². The van der Waals surface area contributed by atoms with Gasteiger partial charge in [-0.15, -0.1) is 0 Å². The molecule has 0 spiro atoms. The number of carbonyl (C=O) groups is 2. The van der Waals surface area contributed by atoms with E-state index in [1.807, 2.05) is 78.6 Å². The summed E-state index contributed by atoms with van der Waals surface area (Å²) in [6.45, 7) is 4.32. The topological polar surface area (TPSA) is 58.6 Å². The summed E-state index contributed by atoms with van der Waals surface area (Å²) in [7, 11) is 0. The first-order chi connectivity index (χ1) is 16.6. The number of hydrogen-bond acceptors (Lipinski definition) is 3. The van der Waals surface area contributed by atoms with Gasteiger partial charge in [-0.05, 0) is 36.5 Å². The lowest BCUT2D eigenvalue weighted by Gasteiger charge is -2.51. The van der Waals surface area contributed by atoms with Crippen LogP contribution < -0.4 is 5.32 Å². The van der Waals surface area contributed by atoms with Crippen molar-refractivity contribution < 1.29 is 14.3 Å². The number of carbonyl (C=O) groups excluding carboxylic acids is 2. The van der Waals surface area contributed by atoms with Crippen LogP contribution in [-0.4, -0.2) is 22.9 Å². The maximum Gasteiger partial charge on any atom is 0.407 e. The second kappa shape index (κ2) is 11.0. The number of alkyl carbamates (subject to hydrolysis) is 1. The third-order valence-corrected chi connectivity index (χ3v) is 6.66. The zero-order valence-electron chi connectivity index (χ0n) is 19.8. The molecule has 3 aromatic rings. The molecule has 34 heavy (non-hydrogen) atoms. The molecule has 5 nitrogen and oxygen atoms in total. The van der Waals surface area contributed by atoms with Crippen LogP contribution in [0.2, 0.25) is 0 Å². The van der Waals surface area contributed by atoms with Gasteiger partial charge in [0.1, 0.15) is 6.61 Å². The molecule has 0 radical (unpaired) electrons. The summed E-state index contributed by atoms with van der Waals surface area (Å²) in [5.41, 5.74) is 3.18. The first kappa shape index (κ1) is 23.6. The van der Waals surface area contributed by atoms with Crippen molar-refractivity contribution in [1.29, 1.82) is 0 Å². The van der Waals surface area contributed by atoms with Crippen LogP contribution in [0.15, 0.2) is 91.0 Å². The highest BCUT2D eigenvalue weighted by Gasteiger charge is 2.50. The number of benzene rings is 3. The Morgan fingerprint density at radius 3 is 2.15 bits per heavy atom. The van der Waals surface area contributed by atoms with Gasteiger partial charge in [0.25, 0.3) is 0 Å². The third kappa shape index (κ3) is 5.30. The summed E-state index contributed by atoms with van der Waals surface area (Å²) in [6, 6.07) is 29.7. The average molecular weight is 457 g/mol. The molecule has 1 N–H and O–H groups in total. The van der Waals surface area contributed by atoms with E-state index in [9.17, 15) is 9.59 Å². The largest absolute Gasteiger partial charge is 0.445 e. The molecule has 1 aliphatic rings. The number of amides is 2. The summed E-state index contributed by atoms with van der Waals surface area (Å²) in [5.74, 6) is -0.0592. The van der Waals surface area contributed by atoms with E-state index in [-0.39, 0.29) is 36.6 Å². The van der Waals surface area contributed by atoms with Gasteiger partial charge in [-0.1, -0.05) is 97.9 Å². The van der Waals surface area contributed by atoms with Gasteiger partial charge in [0.05, 0.1) is 18.0 Å². The van der Waals surface area contributed by atoms with Crippen molar-refractivity contribution >= 4 is 12.0 Å². The van der Waals surface area contributed by atoms with E-state index in [0.717, 1.165) is 23.1 Å². The molecule has 0 saturated carbocycles. The van der Waals surface area contributed by atoms with Gasteiger partial charge in [-0.2, -0.15) is 0 Å². The lowest BCUT2D eigenvalue weighted by Crippen LogP contribution is -2.57. The molecule has 0 aliphatic carbocycles. The lowest BCUT2D eigenvalue weighted by molar-refractivity contribution is -0.162. The zero-order chi connectivity index (χ0) is 23.9. The second-order valence-corrected chi connectivity index (χ2v) is 8.84. The van der Waals surface area contributed by atoms with Crippen LogP contribution >= 0.6 is 0 Å². The number of nitrogens with zero attached hydrogens (tertiary/aromatic N) is 1. The van der Waals surface area contributed by atoms with Crippen LogP contribution in [0.5, 0.6) is 0 Å². The molecule has 176 valence electrons. The molecule has 1 fully saturated rings. The number of nitrogens with one attached hydrogen (secondary N) is 1. The average Bonchev–Trinajstić information content (AvgIpc) is 2.89. The summed E-state index contributed by atoms with van der Waals surface area (Å²) >= 11 is 0. The van der Waals surface area contributed by atoms with Crippen LogP contribution in [0.1, 0.15) is 55.5 Å². The number of ether oxygens (including phenoxy) is 1. The number of likely N-dealkylation sites (tertiary alicyclic amines) is 1. The molecule has 0 bridgehead atoms. The van der Waals surface area contributed by atoms with Gasteiger partial charge in [-0.3, -0.25) is 4.79 Å². The first-order valence-corrected chi connectivity index (χ1v) is 12.0. The fourth-order valence-corrected chi connectivity index (χ4v) is 4.74. The molecule has 3 aromatic carbocycles. The Morgan fingerprint density at radius 1 is 0.941 bits per heavy atom. The number of rotatable bonds is 9. The molecule has 4 rings (SSSR count). The van der Waals surface area contributed by atoms with E-state index in [1.165, 1.54) is 0 Å². The molecule has 2 amide bonds. The van der Waals surface area contributed by atoms with E-state index in [4.69, 9.17) is 4.74 Å². The van der Waals surface area contributed by atoms with Gasteiger partial charge in [-0.25, -0.2) is 4.79 Å². The van der Waals surface area contributed by atoms with E-state index < -0.39 is 6.09 Å². The highest BCUT2D eigenvalue weighted by molar-refractivity contribution is 5.87. The molecule has 1 heterocycles. The Morgan fingerprint density at radius 2 is 1.53 bits per heavy atom. The van der Waals surface area contributed by atoms with Crippen LogP contribution in [0, 0.1) is 5.92 Å². The summed E-state index contributed by atoms with van der Waals surface area (Å²) in [4.78, 5) is 27.8. The van der Waals surface area contributed by atoms with Gasteiger partial charge in [0.2, 0.25) is 5.91 Å². The van der Waals surface area contributed by atoms with E-state index in [0.29, 0.717) is 6.42 Å². The monoisotopic (exact) mass is 456 g/mol. The van der Waals surface area contributed by atoms with Crippen LogP contribution in [0.4, 0.5) is 4.79 Å². The molecule has 0 unspecified atom stereocenters. The van der Waals surface area contributed by atoms with Gasteiger partial charge in [0.15, 0.2) is 0 Å². The fourth-order valence-electron chi connectivity index (χ4n) is 4.74. The molecule has 1 saturated heterocycles. The predicted molar refractivity (Wildman–Crippen MR) is 133 cm³/mol. The number of β-lactam (4-membered cyclic amide) rings is 1. The Kier molecular flexibility index (Phi) is 7.63. The fraction of sp³-hybridized carbons (Fsp3) is 0.310. The molecule has 1 aliphatic heterocycles. The smallest absolute Gasteiger partial charge is 0.407 e. The van der Waals surface area contributed by atoms with Gasteiger partial charge < -0.3 is 15.0 Å². The van der Waals surface area contributed by atoms with Gasteiger partial charge >= 0.3 is 6.09 Å². The highest BCUT2D eigenvalue weighted by Crippen LogP contribution is 2.47. The molecule has 4 atom stereocenters. The first-order valence-electron chi connectivity index (χ1n) is 12.0. The second-order valence-electron chi connectivity index (χ2n) is 8.84. The van der Waals surface area contributed by atoms with Crippen molar-refractivity contribution in [2.75, 3.05) is 0 Å². The van der Waals surface area contributed by atoms with E-state index in [2.05, 4.69) is 36.5 Å².